The maximum atomic E-state index is 10.2. The maximum Gasteiger partial charge on any atom is 0.290 e. The Morgan fingerprint density at radius 1 is 1.21 bits per heavy atom. The van der Waals surface area contributed by atoms with Crippen molar-refractivity contribution < 1.29 is 15.0 Å². The predicted octanol–water partition coefficient (Wildman–Crippen LogP) is 3.31. The van der Waals surface area contributed by atoms with Crippen molar-refractivity contribution in [2.75, 3.05) is 18.0 Å². The molecule has 0 spiro atoms. The highest BCUT2D eigenvalue weighted by molar-refractivity contribution is 5.69. The van der Waals surface area contributed by atoms with Crippen LogP contribution in [0, 0.1) is 18.8 Å². The molecule has 0 radical (unpaired) electrons. The molecule has 2 heterocycles. The number of phenols is 1. The largest absolute Gasteiger partial charge is 0.507 e. The van der Waals surface area contributed by atoms with Gasteiger partial charge in [0.05, 0.1) is 5.69 Å². The fraction of sp³-hybridized carbons (Fsp3) is 0.368. The van der Waals surface area contributed by atoms with Crippen LogP contribution in [0.5, 0.6) is 5.75 Å². The van der Waals surface area contributed by atoms with E-state index in [1.54, 1.807) is 0 Å². The lowest BCUT2D eigenvalue weighted by Gasteiger charge is -2.27. The predicted molar refractivity (Wildman–Crippen MR) is 93.2 cm³/mol. The van der Waals surface area contributed by atoms with Gasteiger partial charge < -0.3 is 15.1 Å². The Balaban J connectivity index is 0.000000526. The Morgan fingerprint density at radius 3 is 2.71 bits per heavy atom. The smallest absolute Gasteiger partial charge is 0.290 e. The molecule has 2 fully saturated rings. The van der Waals surface area contributed by atoms with Crippen LogP contribution in [0.25, 0.3) is 11.3 Å². The molecular weight excluding hydrogens is 304 g/mol. The Morgan fingerprint density at radius 2 is 1.96 bits per heavy atom. The maximum absolute atomic E-state index is 10.2. The number of aromatic nitrogens is 1. The van der Waals surface area contributed by atoms with E-state index in [2.05, 4.69) is 11.0 Å². The number of pyridine rings is 1. The summed E-state index contributed by atoms with van der Waals surface area (Å²) in [7, 11) is 0. The number of phenolic OH excluding ortho intramolecular Hbond substituents is 1. The SMILES string of the molecule is Cc1cccc(-c2cccc(N3CCC4CC4C3)n2)c1O.O=CO. The lowest BCUT2D eigenvalue weighted by atomic mass is 10.1. The minimum absolute atomic E-state index is 0.250. The van der Waals surface area contributed by atoms with Gasteiger partial charge in [-0.15, -0.1) is 0 Å². The van der Waals surface area contributed by atoms with Crippen molar-refractivity contribution in [1.82, 2.24) is 4.98 Å². The highest BCUT2D eigenvalue weighted by Crippen LogP contribution is 2.45. The van der Waals surface area contributed by atoms with Gasteiger partial charge >= 0.3 is 0 Å². The van der Waals surface area contributed by atoms with Crippen molar-refractivity contribution in [1.29, 1.82) is 0 Å². The average Bonchev–Trinajstić information content (AvgIpc) is 3.37. The van der Waals surface area contributed by atoms with E-state index in [4.69, 9.17) is 14.9 Å². The molecule has 2 unspecified atom stereocenters. The van der Waals surface area contributed by atoms with E-state index in [0.29, 0.717) is 5.75 Å². The molecule has 1 aromatic carbocycles. The number of aryl methyl sites for hydroxylation is 1. The summed E-state index contributed by atoms with van der Waals surface area (Å²) in [4.78, 5) is 15.5. The summed E-state index contributed by atoms with van der Waals surface area (Å²) in [6.07, 6.45) is 2.70. The van der Waals surface area contributed by atoms with Gasteiger partial charge in [0.1, 0.15) is 11.6 Å². The van der Waals surface area contributed by atoms with Gasteiger partial charge in [-0.25, -0.2) is 4.98 Å². The first-order valence-corrected chi connectivity index (χ1v) is 8.23. The van der Waals surface area contributed by atoms with Crippen LogP contribution in [0.4, 0.5) is 5.82 Å². The standard InChI is InChI=1S/C18H20N2O.CH2O2/c1-12-4-2-5-15(18(12)21)16-6-3-7-17(19-16)20-9-8-13-10-14(13)11-20;2-1-3/h2-7,13-14,21H,8-11H2,1H3;1H,(H,2,3). The summed E-state index contributed by atoms with van der Waals surface area (Å²) < 4.78 is 0. The van der Waals surface area contributed by atoms with Crippen molar-refractivity contribution >= 4 is 12.3 Å². The number of fused-ring (bicyclic) bond motifs is 1. The highest BCUT2D eigenvalue weighted by Gasteiger charge is 2.41. The van der Waals surface area contributed by atoms with E-state index in [1.807, 2.05) is 37.3 Å². The molecule has 0 amide bonds. The van der Waals surface area contributed by atoms with Crippen LogP contribution in [-0.4, -0.2) is 34.8 Å². The zero-order valence-electron chi connectivity index (χ0n) is 13.7. The van der Waals surface area contributed by atoms with Gasteiger partial charge in [-0.05, 0) is 55.4 Å². The molecule has 1 aliphatic carbocycles. The molecule has 126 valence electrons. The van der Waals surface area contributed by atoms with Crippen molar-refractivity contribution in [2.24, 2.45) is 11.8 Å². The van der Waals surface area contributed by atoms with Crippen LogP contribution >= 0.6 is 0 Å². The van der Waals surface area contributed by atoms with Crippen molar-refractivity contribution in [3.8, 4) is 17.0 Å². The van der Waals surface area contributed by atoms with Crippen LogP contribution < -0.4 is 4.90 Å². The number of anilines is 1. The van der Waals surface area contributed by atoms with Crippen LogP contribution in [0.3, 0.4) is 0 Å². The van der Waals surface area contributed by atoms with E-state index in [1.165, 1.54) is 12.8 Å². The Bertz CT molecular complexity index is 732. The number of hydrogen-bond donors (Lipinski definition) is 2. The molecule has 1 saturated heterocycles. The van der Waals surface area contributed by atoms with E-state index >= 15 is 0 Å². The Kier molecular flexibility index (Phi) is 4.69. The molecule has 2 atom stereocenters. The quantitative estimate of drug-likeness (QED) is 0.828. The summed E-state index contributed by atoms with van der Waals surface area (Å²) in [6.45, 7) is 3.92. The molecule has 4 rings (SSSR count). The number of hydrogen-bond acceptors (Lipinski definition) is 4. The van der Waals surface area contributed by atoms with Crippen LogP contribution in [0.1, 0.15) is 18.4 Å². The second kappa shape index (κ2) is 6.91. The van der Waals surface area contributed by atoms with Crippen molar-refractivity contribution in [3.05, 3.63) is 42.0 Å². The van der Waals surface area contributed by atoms with Gasteiger partial charge in [0.25, 0.3) is 6.47 Å². The molecular formula is C19H22N2O3. The third kappa shape index (κ3) is 3.35. The normalized spacial score (nSPS) is 21.3. The fourth-order valence-electron chi connectivity index (χ4n) is 3.41. The molecule has 2 N–H and O–H groups in total. The minimum Gasteiger partial charge on any atom is -0.507 e. The fourth-order valence-corrected chi connectivity index (χ4v) is 3.41. The highest BCUT2D eigenvalue weighted by atomic mass is 16.3. The number of carbonyl (C=O) groups is 1. The van der Waals surface area contributed by atoms with E-state index < -0.39 is 0 Å². The number of carboxylic acid groups (broad SMARTS) is 1. The molecule has 0 bridgehead atoms. The number of para-hydroxylation sites is 1. The van der Waals surface area contributed by atoms with Crippen LogP contribution in [-0.2, 0) is 4.79 Å². The molecule has 2 aliphatic rings. The topological polar surface area (TPSA) is 73.7 Å². The van der Waals surface area contributed by atoms with Crippen molar-refractivity contribution in [2.45, 2.75) is 19.8 Å². The van der Waals surface area contributed by atoms with Gasteiger partial charge in [-0.1, -0.05) is 18.2 Å². The van der Waals surface area contributed by atoms with Gasteiger partial charge in [-0.3, -0.25) is 4.79 Å². The van der Waals surface area contributed by atoms with Gasteiger partial charge in [0.15, 0.2) is 0 Å². The second-order valence-electron chi connectivity index (χ2n) is 6.45. The number of rotatable bonds is 2. The first-order valence-electron chi connectivity index (χ1n) is 8.23. The summed E-state index contributed by atoms with van der Waals surface area (Å²) in [5.41, 5.74) is 2.56. The Labute approximate surface area is 141 Å². The van der Waals surface area contributed by atoms with E-state index in [9.17, 15) is 5.11 Å². The van der Waals surface area contributed by atoms with E-state index in [-0.39, 0.29) is 6.47 Å². The third-order valence-electron chi connectivity index (χ3n) is 4.87. The van der Waals surface area contributed by atoms with Gasteiger partial charge in [-0.2, -0.15) is 0 Å². The molecule has 24 heavy (non-hydrogen) atoms. The third-order valence-corrected chi connectivity index (χ3v) is 4.87. The molecule has 2 aromatic rings. The number of nitrogens with zero attached hydrogens (tertiary/aromatic N) is 2. The number of aromatic hydroxyl groups is 1. The summed E-state index contributed by atoms with van der Waals surface area (Å²) >= 11 is 0. The molecule has 5 nitrogen and oxygen atoms in total. The molecule has 5 heteroatoms. The minimum atomic E-state index is -0.250. The lowest BCUT2D eigenvalue weighted by Crippen LogP contribution is -2.31. The summed E-state index contributed by atoms with van der Waals surface area (Å²) in [6, 6.07) is 11.9. The summed E-state index contributed by atoms with van der Waals surface area (Å²) in [5.74, 6) is 3.24. The first-order chi connectivity index (χ1) is 11.6. The van der Waals surface area contributed by atoms with Crippen LogP contribution in [0.15, 0.2) is 36.4 Å². The monoisotopic (exact) mass is 326 g/mol. The zero-order chi connectivity index (χ0) is 17.1. The van der Waals surface area contributed by atoms with Gasteiger partial charge in [0.2, 0.25) is 0 Å². The molecule has 1 saturated carbocycles. The average molecular weight is 326 g/mol. The first kappa shape index (κ1) is 16.3. The van der Waals surface area contributed by atoms with Crippen molar-refractivity contribution in [3.63, 3.8) is 0 Å². The van der Waals surface area contributed by atoms with Crippen LogP contribution in [0.2, 0.25) is 0 Å². The lowest BCUT2D eigenvalue weighted by molar-refractivity contribution is -0.122. The Hall–Kier alpha value is -2.56. The summed E-state index contributed by atoms with van der Waals surface area (Å²) in [5, 5.41) is 17.1. The number of piperidine rings is 1. The second-order valence-corrected chi connectivity index (χ2v) is 6.45. The number of benzene rings is 1. The molecule has 1 aromatic heterocycles. The molecule has 1 aliphatic heterocycles. The van der Waals surface area contributed by atoms with Gasteiger partial charge in [0, 0.05) is 18.7 Å². The zero-order valence-corrected chi connectivity index (χ0v) is 13.7. The van der Waals surface area contributed by atoms with E-state index in [0.717, 1.165) is 47.6 Å².